The molecule has 0 N–H and O–H groups in total. The van der Waals surface area contributed by atoms with E-state index in [4.69, 9.17) is 0 Å². The fourth-order valence-electron chi connectivity index (χ4n) is 1.88. The molecular formula is C16H38. The van der Waals surface area contributed by atoms with Crippen LogP contribution in [0.2, 0.25) is 0 Å². The van der Waals surface area contributed by atoms with Crippen molar-refractivity contribution < 1.29 is 0 Å². The summed E-state index contributed by atoms with van der Waals surface area (Å²) in [6, 6.07) is 0. The van der Waals surface area contributed by atoms with Gasteiger partial charge < -0.3 is 0 Å². The van der Waals surface area contributed by atoms with Crippen LogP contribution in [0, 0.1) is 11.8 Å². The molecular weight excluding hydrogens is 192 g/mol. The summed E-state index contributed by atoms with van der Waals surface area (Å²) in [5, 5.41) is 0. The SMILES string of the molecule is CC.CC.CCCCCC(CC)C(C)CC. The highest BCUT2D eigenvalue weighted by Crippen LogP contribution is 2.24. The van der Waals surface area contributed by atoms with Crippen molar-refractivity contribution in [1.29, 1.82) is 0 Å². The third kappa shape index (κ3) is 14.0. The second-order valence-electron chi connectivity index (χ2n) is 4.05. The molecule has 2 atom stereocenters. The van der Waals surface area contributed by atoms with Gasteiger partial charge in [0, 0.05) is 0 Å². The molecule has 0 radical (unpaired) electrons. The van der Waals surface area contributed by atoms with E-state index in [9.17, 15) is 0 Å². The first-order chi connectivity index (χ1) is 7.76. The summed E-state index contributed by atoms with van der Waals surface area (Å²) in [5.41, 5.74) is 0. The van der Waals surface area contributed by atoms with Gasteiger partial charge in [0.05, 0.1) is 0 Å². The minimum absolute atomic E-state index is 0.937. The second-order valence-corrected chi connectivity index (χ2v) is 4.05. The van der Waals surface area contributed by atoms with Gasteiger partial charge in [-0.05, 0) is 11.8 Å². The Morgan fingerprint density at radius 3 is 1.56 bits per heavy atom. The van der Waals surface area contributed by atoms with Gasteiger partial charge in [-0.2, -0.15) is 0 Å². The van der Waals surface area contributed by atoms with E-state index in [2.05, 4.69) is 27.7 Å². The lowest BCUT2D eigenvalue weighted by Gasteiger charge is -2.21. The van der Waals surface area contributed by atoms with Crippen molar-refractivity contribution in [3.63, 3.8) is 0 Å². The van der Waals surface area contributed by atoms with Gasteiger partial charge in [0.15, 0.2) is 0 Å². The molecule has 0 aliphatic carbocycles. The molecule has 0 heteroatoms. The minimum atomic E-state index is 0.937. The quantitative estimate of drug-likeness (QED) is 0.427. The van der Waals surface area contributed by atoms with E-state index >= 15 is 0 Å². The van der Waals surface area contributed by atoms with Crippen molar-refractivity contribution in [2.75, 3.05) is 0 Å². The van der Waals surface area contributed by atoms with Gasteiger partial charge in [-0.15, -0.1) is 0 Å². The number of hydrogen-bond acceptors (Lipinski definition) is 0. The van der Waals surface area contributed by atoms with Gasteiger partial charge >= 0.3 is 0 Å². The van der Waals surface area contributed by atoms with E-state index in [0.717, 1.165) is 11.8 Å². The molecule has 0 heterocycles. The first-order valence-electron chi connectivity index (χ1n) is 7.76. The van der Waals surface area contributed by atoms with Gasteiger partial charge in [0.25, 0.3) is 0 Å². The molecule has 0 aromatic heterocycles. The highest BCUT2D eigenvalue weighted by Gasteiger charge is 2.12. The van der Waals surface area contributed by atoms with E-state index < -0.39 is 0 Å². The maximum Gasteiger partial charge on any atom is -0.0391 e. The summed E-state index contributed by atoms with van der Waals surface area (Å²) in [5.74, 6) is 1.92. The Balaban J connectivity index is -0.000000376. The molecule has 102 valence electrons. The summed E-state index contributed by atoms with van der Waals surface area (Å²) in [7, 11) is 0. The molecule has 0 aliphatic rings. The van der Waals surface area contributed by atoms with E-state index in [1.54, 1.807) is 0 Å². The van der Waals surface area contributed by atoms with E-state index in [-0.39, 0.29) is 0 Å². The molecule has 0 fully saturated rings. The second kappa shape index (κ2) is 20.4. The van der Waals surface area contributed by atoms with E-state index in [1.165, 1.54) is 38.5 Å². The van der Waals surface area contributed by atoms with Crippen LogP contribution < -0.4 is 0 Å². The monoisotopic (exact) mass is 230 g/mol. The predicted octanol–water partition coefficient (Wildman–Crippen LogP) is 6.69. The Hall–Kier alpha value is 0. The Morgan fingerprint density at radius 1 is 0.750 bits per heavy atom. The molecule has 16 heavy (non-hydrogen) atoms. The first-order valence-corrected chi connectivity index (χ1v) is 7.76. The lowest BCUT2D eigenvalue weighted by molar-refractivity contribution is 0.308. The molecule has 0 amide bonds. The molecule has 0 nitrogen and oxygen atoms in total. The molecule has 0 bridgehead atoms. The maximum absolute atomic E-state index is 2.40. The molecule has 0 saturated carbocycles. The summed E-state index contributed by atoms with van der Waals surface area (Å²) >= 11 is 0. The van der Waals surface area contributed by atoms with Crippen molar-refractivity contribution in [2.24, 2.45) is 11.8 Å². The predicted molar refractivity (Wildman–Crippen MR) is 80.1 cm³/mol. The number of rotatable bonds is 7. The standard InChI is InChI=1S/C12H26.2C2H6/c1-5-8-9-10-12(7-3)11(4)6-2;2*1-2/h11-12H,5-10H2,1-4H3;2*1-2H3. The zero-order valence-electron chi connectivity index (χ0n) is 13.4. The van der Waals surface area contributed by atoms with Crippen molar-refractivity contribution in [2.45, 2.75) is 93.9 Å². The smallest absolute Gasteiger partial charge is 0.0391 e. The van der Waals surface area contributed by atoms with E-state index in [0.29, 0.717) is 0 Å². The Labute approximate surface area is 106 Å². The van der Waals surface area contributed by atoms with Crippen LogP contribution >= 0.6 is 0 Å². The average molecular weight is 230 g/mol. The Morgan fingerprint density at radius 2 is 1.25 bits per heavy atom. The van der Waals surface area contributed by atoms with Crippen LogP contribution in [-0.2, 0) is 0 Å². The molecule has 0 rings (SSSR count). The van der Waals surface area contributed by atoms with Crippen LogP contribution in [0.3, 0.4) is 0 Å². The van der Waals surface area contributed by atoms with Crippen molar-refractivity contribution in [3.8, 4) is 0 Å². The molecule has 0 aromatic rings. The normalized spacial score (nSPS) is 12.8. The summed E-state index contributed by atoms with van der Waals surface area (Å²) < 4.78 is 0. The largest absolute Gasteiger partial charge is 0.0683 e. The molecule has 0 saturated heterocycles. The van der Waals surface area contributed by atoms with Gasteiger partial charge in [-0.25, -0.2) is 0 Å². The van der Waals surface area contributed by atoms with Gasteiger partial charge in [0.1, 0.15) is 0 Å². The Bertz CT molecular complexity index is 86.0. The van der Waals surface area contributed by atoms with Gasteiger partial charge in [-0.1, -0.05) is 93.9 Å². The van der Waals surface area contributed by atoms with E-state index in [1.807, 2.05) is 27.7 Å². The molecule has 2 unspecified atom stereocenters. The Kier molecular flexibility index (Phi) is 27.2. The van der Waals surface area contributed by atoms with Crippen LogP contribution in [0.5, 0.6) is 0 Å². The molecule has 0 aliphatic heterocycles. The fourth-order valence-corrected chi connectivity index (χ4v) is 1.88. The van der Waals surface area contributed by atoms with Crippen LogP contribution in [0.1, 0.15) is 93.9 Å². The summed E-state index contributed by atoms with van der Waals surface area (Å²) in [6.45, 7) is 17.3. The number of hydrogen-bond donors (Lipinski definition) is 0. The fraction of sp³-hybridized carbons (Fsp3) is 1.00. The van der Waals surface area contributed by atoms with Crippen molar-refractivity contribution in [1.82, 2.24) is 0 Å². The zero-order chi connectivity index (χ0) is 13.4. The topological polar surface area (TPSA) is 0 Å². The van der Waals surface area contributed by atoms with Crippen LogP contribution in [0.15, 0.2) is 0 Å². The summed E-state index contributed by atoms with van der Waals surface area (Å²) in [4.78, 5) is 0. The molecule has 0 spiro atoms. The zero-order valence-corrected chi connectivity index (χ0v) is 13.4. The van der Waals surface area contributed by atoms with Crippen LogP contribution in [-0.4, -0.2) is 0 Å². The lowest BCUT2D eigenvalue weighted by Crippen LogP contribution is -2.09. The highest BCUT2D eigenvalue weighted by molar-refractivity contribution is 4.63. The lowest BCUT2D eigenvalue weighted by atomic mass is 9.85. The van der Waals surface area contributed by atoms with Crippen LogP contribution in [0.25, 0.3) is 0 Å². The third-order valence-electron chi connectivity index (χ3n) is 3.15. The number of unbranched alkanes of at least 4 members (excludes halogenated alkanes) is 2. The van der Waals surface area contributed by atoms with Gasteiger partial charge in [-0.3, -0.25) is 0 Å². The maximum atomic E-state index is 2.40. The molecule has 0 aromatic carbocycles. The average Bonchev–Trinajstić information content (AvgIpc) is 2.38. The van der Waals surface area contributed by atoms with Crippen molar-refractivity contribution in [3.05, 3.63) is 0 Å². The highest BCUT2D eigenvalue weighted by atomic mass is 14.2. The third-order valence-corrected chi connectivity index (χ3v) is 3.15. The summed E-state index contributed by atoms with van der Waals surface area (Å²) in [6.07, 6.45) is 8.41. The van der Waals surface area contributed by atoms with Crippen LogP contribution in [0.4, 0.5) is 0 Å². The first kappa shape index (κ1) is 21.3. The minimum Gasteiger partial charge on any atom is -0.0683 e. The van der Waals surface area contributed by atoms with Gasteiger partial charge in [0.2, 0.25) is 0 Å². The van der Waals surface area contributed by atoms with Crippen molar-refractivity contribution >= 4 is 0 Å².